The van der Waals surface area contributed by atoms with Crippen molar-refractivity contribution < 1.29 is 14.9 Å². The second-order valence-corrected chi connectivity index (χ2v) is 4.01. The highest BCUT2D eigenvalue weighted by atomic mass is 35.5. The average Bonchev–Trinajstić information content (AvgIpc) is 2.23. The first kappa shape index (κ1) is 12.9. The second-order valence-electron chi connectivity index (χ2n) is 2.82. The van der Waals surface area contributed by atoms with E-state index in [9.17, 15) is 0 Å². The van der Waals surface area contributed by atoms with Crippen LogP contribution in [0.15, 0.2) is 12.1 Å². The summed E-state index contributed by atoms with van der Waals surface area (Å²) in [6.45, 7) is -0.494. The Hall–Kier alpha value is -0.190. The zero-order valence-electron chi connectivity index (χ0n) is 7.58. The van der Waals surface area contributed by atoms with Gasteiger partial charge in [0.05, 0.1) is 16.7 Å². The molecule has 0 aliphatic carbocycles. The van der Waals surface area contributed by atoms with Gasteiger partial charge in [-0.05, 0) is 12.1 Å². The first-order chi connectivity index (χ1) is 7.06. The molecule has 0 aliphatic rings. The molecule has 2 N–H and O–H groups in total. The van der Waals surface area contributed by atoms with Crippen LogP contribution in [-0.4, -0.2) is 29.5 Å². The molecule has 0 bridgehead atoms. The van der Waals surface area contributed by atoms with E-state index in [1.807, 2.05) is 0 Å². The fourth-order valence-corrected chi connectivity index (χ4v) is 1.50. The van der Waals surface area contributed by atoms with E-state index in [4.69, 9.17) is 49.8 Å². The van der Waals surface area contributed by atoms with Crippen molar-refractivity contribution in [1.82, 2.24) is 0 Å². The first-order valence-electron chi connectivity index (χ1n) is 4.11. The van der Waals surface area contributed by atoms with Gasteiger partial charge in [0.15, 0.2) is 5.75 Å². The molecule has 0 fully saturated rings. The molecule has 0 radical (unpaired) electrons. The number of hydrogen-bond donors (Lipinski definition) is 2. The van der Waals surface area contributed by atoms with Crippen molar-refractivity contribution in [2.75, 3.05) is 13.2 Å². The summed E-state index contributed by atoms with van der Waals surface area (Å²) in [5.41, 5.74) is 0. The standard InChI is InChI=1S/C9H9Cl3O3/c10-6-1-2-7(11)9(8(6)12)15-4-5(14)3-13/h1-2,5,13-14H,3-4H2. The van der Waals surface area contributed by atoms with Gasteiger partial charge in [-0.2, -0.15) is 0 Å². The fraction of sp³-hybridized carbons (Fsp3) is 0.333. The Kier molecular flexibility index (Phi) is 4.96. The number of aliphatic hydroxyl groups excluding tert-OH is 2. The molecule has 15 heavy (non-hydrogen) atoms. The van der Waals surface area contributed by atoms with E-state index in [1.165, 1.54) is 6.07 Å². The molecule has 1 atom stereocenters. The van der Waals surface area contributed by atoms with Crippen LogP contribution in [0, 0.1) is 0 Å². The third-order valence-corrected chi connectivity index (χ3v) is 2.72. The van der Waals surface area contributed by atoms with Crippen LogP contribution in [0.4, 0.5) is 0 Å². The molecular formula is C9H9Cl3O3. The predicted molar refractivity (Wildman–Crippen MR) is 60.1 cm³/mol. The summed E-state index contributed by atoms with van der Waals surface area (Å²) >= 11 is 17.4. The zero-order chi connectivity index (χ0) is 11.4. The molecule has 0 amide bonds. The highest BCUT2D eigenvalue weighted by Gasteiger charge is 2.12. The Morgan fingerprint density at radius 3 is 2.40 bits per heavy atom. The van der Waals surface area contributed by atoms with Gasteiger partial charge in [-0.3, -0.25) is 0 Å². The van der Waals surface area contributed by atoms with Gasteiger partial charge in [-0.25, -0.2) is 0 Å². The maximum absolute atomic E-state index is 9.08. The highest BCUT2D eigenvalue weighted by Crippen LogP contribution is 2.37. The van der Waals surface area contributed by atoms with Crippen molar-refractivity contribution in [3.05, 3.63) is 27.2 Å². The number of hydrogen-bond acceptors (Lipinski definition) is 3. The van der Waals surface area contributed by atoms with Crippen LogP contribution in [0.5, 0.6) is 5.75 Å². The fourth-order valence-electron chi connectivity index (χ4n) is 0.873. The number of halogens is 3. The molecule has 1 aromatic rings. The van der Waals surface area contributed by atoms with Crippen molar-refractivity contribution >= 4 is 34.8 Å². The molecule has 0 saturated carbocycles. The molecular weight excluding hydrogens is 262 g/mol. The third kappa shape index (κ3) is 3.40. The number of benzene rings is 1. The van der Waals surface area contributed by atoms with Crippen LogP contribution in [-0.2, 0) is 0 Å². The first-order valence-corrected chi connectivity index (χ1v) is 5.25. The van der Waals surface area contributed by atoms with E-state index in [0.717, 1.165) is 0 Å². The molecule has 0 aliphatic heterocycles. The van der Waals surface area contributed by atoms with Crippen LogP contribution < -0.4 is 4.74 Å². The summed E-state index contributed by atoms with van der Waals surface area (Å²) in [4.78, 5) is 0. The summed E-state index contributed by atoms with van der Waals surface area (Å²) in [6, 6.07) is 3.08. The monoisotopic (exact) mass is 270 g/mol. The van der Waals surface area contributed by atoms with E-state index < -0.39 is 12.7 Å². The molecule has 0 saturated heterocycles. The van der Waals surface area contributed by atoms with E-state index in [2.05, 4.69) is 0 Å². The van der Waals surface area contributed by atoms with Gasteiger partial charge in [0.1, 0.15) is 17.7 Å². The summed E-state index contributed by atoms with van der Waals surface area (Å²) < 4.78 is 5.14. The molecule has 1 rings (SSSR count). The van der Waals surface area contributed by atoms with E-state index in [1.54, 1.807) is 6.07 Å². The summed E-state index contributed by atoms with van der Waals surface area (Å²) in [6.07, 6.45) is -0.976. The molecule has 1 aromatic carbocycles. The van der Waals surface area contributed by atoms with Gasteiger partial charge in [0.25, 0.3) is 0 Å². The lowest BCUT2D eigenvalue weighted by Crippen LogP contribution is -2.21. The minimum atomic E-state index is -0.976. The molecule has 6 heteroatoms. The van der Waals surface area contributed by atoms with Crippen molar-refractivity contribution in [1.29, 1.82) is 0 Å². The highest BCUT2D eigenvalue weighted by molar-refractivity contribution is 6.44. The Bertz CT molecular complexity index is 344. The second kappa shape index (κ2) is 5.77. The number of rotatable bonds is 4. The van der Waals surface area contributed by atoms with E-state index in [0.29, 0.717) is 10.0 Å². The maximum atomic E-state index is 9.08. The van der Waals surface area contributed by atoms with Gasteiger partial charge in [-0.1, -0.05) is 34.8 Å². The van der Waals surface area contributed by atoms with Crippen molar-refractivity contribution in [2.45, 2.75) is 6.10 Å². The zero-order valence-corrected chi connectivity index (χ0v) is 9.85. The van der Waals surface area contributed by atoms with Crippen molar-refractivity contribution in [2.24, 2.45) is 0 Å². The van der Waals surface area contributed by atoms with Gasteiger partial charge in [0, 0.05) is 0 Å². The van der Waals surface area contributed by atoms with Gasteiger partial charge >= 0.3 is 0 Å². The number of ether oxygens (including phenoxy) is 1. The minimum absolute atomic E-state index is 0.101. The summed E-state index contributed by atoms with van der Waals surface area (Å²) in [5.74, 6) is 0.207. The predicted octanol–water partition coefficient (Wildman–Crippen LogP) is 2.38. The molecule has 84 valence electrons. The van der Waals surface area contributed by atoms with Crippen LogP contribution in [0.1, 0.15) is 0 Å². The Balaban J connectivity index is 2.80. The van der Waals surface area contributed by atoms with Crippen LogP contribution in [0.2, 0.25) is 15.1 Å². The lowest BCUT2D eigenvalue weighted by Gasteiger charge is -2.12. The Morgan fingerprint density at radius 1 is 1.20 bits per heavy atom. The maximum Gasteiger partial charge on any atom is 0.158 e. The van der Waals surface area contributed by atoms with E-state index in [-0.39, 0.29) is 17.4 Å². The molecule has 0 spiro atoms. The van der Waals surface area contributed by atoms with Gasteiger partial charge in [0.2, 0.25) is 0 Å². The van der Waals surface area contributed by atoms with Crippen LogP contribution >= 0.6 is 34.8 Å². The topological polar surface area (TPSA) is 49.7 Å². The van der Waals surface area contributed by atoms with Crippen LogP contribution in [0.25, 0.3) is 0 Å². The summed E-state index contributed by atoms with van der Waals surface area (Å²) in [7, 11) is 0. The average molecular weight is 272 g/mol. The van der Waals surface area contributed by atoms with Crippen molar-refractivity contribution in [3.63, 3.8) is 0 Å². The molecule has 0 heterocycles. The largest absolute Gasteiger partial charge is 0.488 e. The SMILES string of the molecule is OCC(O)COc1c(Cl)ccc(Cl)c1Cl. The number of aliphatic hydroxyl groups is 2. The lowest BCUT2D eigenvalue weighted by molar-refractivity contribution is 0.0537. The van der Waals surface area contributed by atoms with E-state index >= 15 is 0 Å². The molecule has 3 nitrogen and oxygen atoms in total. The minimum Gasteiger partial charge on any atom is -0.488 e. The van der Waals surface area contributed by atoms with Crippen LogP contribution in [0.3, 0.4) is 0 Å². The quantitative estimate of drug-likeness (QED) is 0.827. The normalized spacial score (nSPS) is 12.6. The van der Waals surface area contributed by atoms with Gasteiger partial charge < -0.3 is 14.9 Å². The smallest absolute Gasteiger partial charge is 0.158 e. The lowest BCUT2D eigenvalue weighted by atomic mass is 10.3. The Morgan fingerprint density at radius 2 is 1.80 bits per heavy atom. The van der Waals surface area contributed by atoms with Crippen molar-refractivity contribution in [3.8, 4) is 5.75 Å². The molecule has 0 aromatic heterocycles. The molecule has 1 unspecified atom stereocenters. The Labute approximate surface area is 102 Å². The third-order valence-electron chi connectivity index (χ3n) is 1.63. The summed E-state index contributed by atoms with van der Waals surface area (Å²) in [5, 5.41) is 18.5. The van der Waals surface area contributed by atoms with Gasteiger partial charge in [-0.15, -0.1) is 0 Å².